The van der Waals surface area contributed by atoms with Crippen LogP contribution in [-0.2, 0) is 16.2 Å². The van der Waals surface area contributed by atoms with Crippen LogP contribution in [0.25, 0.3) is 0 Å². The zero-order chi connectivity index (χ0) is 21.8. The van der Waals surface area contributed by atoms with Crippen molar-refractivity contribution in [2.45, 2.75) is 13.0 Å². The molecule has 1 aliphatic heterocycles. The summed E-state index contributed by atoms with van der Waals surface area (Å²) in [6.45, 7) is 0.433. The lowest BCUT2D eigenvalue weighted by molar-refractivity contribution is -0.140. The number of rotatable bonds is 6. The first-order chi connectivity index (χ1) is 15.7. The smallest absolute Gasteiger partial charge is 0.254 e. The maximum atomic E-state index is 13.0. The van der Waals surface area contributed by atoms with E-state index < -0.39 is 0 Å². The van der Waals surface area contributed by atoms with Gasteiger partial charge in [-0.05, 0) is 59.4 Å². The number of ether oxygens (including phenoxy) is 2. The van der Waals surface area contributed by atoms with Gasteiger partial charge in [-0.1, -0.05) is 42.5 Å². The van der Waals surface area contributed by atoms with Gasteiger partial charge in [-0.3, -0.25) is 9.59 Å². The molecule has 2 saturated carbocycles. The number of allylic oxidation sites excluding steroid dienone is 2. The van der Waals surface area contributed by atoms with E-state index in [1.807, 2.05) is 42.5 Å². The quantitative estimate of drug-likeness (QED) is 0.400. The van der Waals surface area contributed by atoms with E-state index in [0.29, 0.717) is 29.9 Å². The minimum Gasteiger partial charge on any atom is -0.493 e. The summed E-state index contributed by atoms with van der Waals surface area (Å²) in [5.74, 6) is 1.98. The predicted molar refractivity (Wildman–Crippen MR) is 118 cm³/mol. The lowest BCUT2D eigenvalue weighted by Crippen LogP contribution is -2.40. The van der Waals surface area contributed by atoms with Gasteiger partial charge in [0.1, 0.15) is 6.61 Å². The Morgan fingerprint density at radius 3 is 2.31 bits per heavy atom. The van der Waals surface area contributed by atoms with Crippen molar-refractivity contribution in [2.75, 3.05) is 7.11 Å². The number of hydrogen-bond donors (Lipinski definition) is 0. The largest absolute Gasteiger partial charge is 0.493 e. The Hall–Kier alpha value is -3.41. The van der Waals surface area contributed by atoms with Crippen LogP contribution in [0.5, 0.6) is 11.5 Å². The highest BCUT2D eigenvalue weighted by molar-refractivity contribution is 6.06. The van der Waals surface area contributed by atoms with Crippen molar-refractivity contribution in [3.05, 3.63) is 71.8 Å². The first-order valence-corrected chi connectivity index (χ1v) is 11.1. The molecule has 1 heterocycles. The summed E-state index contributed by atoms with van der Waals surface area (Å²) >= 11 is 0. The lowest BCUT2D eigenvalue weighted by Gasteiger charge is -2.37. The number of imide groups is 1. The Morgan fingerprint density at radius 2 is 1.66 bits per heavy atom. The van der Waals surface area contributed by atoms with Crippen LogP contribution < -0.4 is 9.47 Å². The van der Waals surface area contributed by atoms with E-state index in [9.17, 15) is 9.59 Å². The molecule has 3 fully saturated rings. The molecule has 4 aliphatic carbocycles. The molecule has 6 heteroatoms. The van der Waals surface area contributed by atoms with Crippen LogP contribution in [0.3, 0.4) is 0 Å². The van der Waals surface area contributed by atoms with E-state index >= 15 is 0 Å². The molecule has 2 aromatic rings. The number of hydrazone groups is 1. The van der Waals surface area contributed by atoms with E-state index in [1.54, 1.807) is 19.4 Å². The van der Waals surface area contributed by atoms with Crippen molar-refractivity contribution in [1.29, 1.82) is 0 Å². The molecule has 2 bridgehead atoms. The van der Waals surface area contributed by atoms with Gasteiger partial charge in [0.2, 0.25) is 0 Å². The number of benzene rings is 2. The molecule has 0 spiro atoms. The van der Waals surface area contributed by atoms with Crippen molar-refractivity contribution in [3.8, 4) is 11.5 Å². The second-order valence-corrected chi connectivity index (χ2v) is 9.07. The third-order valence-electron chi connectivity index (χ3n) is 7.39. The molecular weight excluding hydrogens is 404 g/mol. The topological polar surface area (TPSA) is 68.2 Å². The third-order valence-corrected chi connectivity index (χ3v) is 7.39. The molecule has 2 aromatic carbocycles. The summed E-state index contributed by atoms with van der Waals surface area (Å²) in [5.41, 5.74) is 1.79. The molecule has 162 valence electrons. The first kappa shape index (κ1) is 19.3. The number of carbonyl (C=O) groups is 2. The predicted octanol–water partition coefficient (Wildman–Crippen LogP) is 3.66. The molecule has 6 nitrogen and oxygen atoms in total. The lowest BCUT2D eigenvalue weighted by atomic mass is 9.63. The van der Waals surface area contributed by atoms with Crippen molar-refractivity contribution < 1.29 is 19.1 Å². The van der Waals surface area contributed by atoms with E-state index in [1.165, 1.54) is 0 Å². The van der Waals surface area contributed by atoms with Crippen LogP contribution >= 0.6 is 0 Å². The minimum atomic E-state index is -0.235. The minimum absolute atomic E-state index is 0.157. The molecule has 7 rings (SSSR count). The molecule has 1 saturated heterocycles. The number of hydrogen-bond acceptors (Lipinski definition) is 5. The average molecular weight is 428 g/mol. The van der Waals surface area contributed by atoms with E-state index in [2.05, 4.69) is 17.3 Å². The molecule has 0 N–H and O–H groups in total. The van der Waals surface area contributed by atoms with Crippen LogP contribution in [0.15, 0.2) is 65.8 Å². The first-order valence-electron chi connectivity index (χ1n) is 11.1. The van der Waals surface area contributed by atoms with Gasteiger partial charge in [0, 0.05) is 0 Å². The SMILES string of the molecule is COc1cc(/C=N\N2C(=O)[C@H]3[C@@H]4C=C[C@@H]([C@H]5C[C@H]45)[C@@H]3C2=O)ccc1OCc1ccccc1. The fraction of sp³-hybridized carbons (Fsp3) is 0.346. The third kappa shape index (κ3) is 2.97. The molecule has 32 heavy (non-hydrogen) atoms. The zero-order valence-electron chi connectivity index (χ0n) is 17.8. The van der Waals surface area contributed by atoms with Gasteiger partial charge in [-0.15, -0.1) is 0 Å². The van der Waals surface area contributed by atoms with Crippen LogP contribution in [0, 0.1) is 35.5 Å². The van der Waals surface area contributed by atoms with Crippen molar-refractivity contribution >= 4 is 18.0 Å². The monoisotopic (exact) mass is 428 g/mol. The van der Waals surface area contributed by atoms with Crippen molar-refractivity contribution in [1.82, 2.24) is 5.01 Å². The van der Waals surface area contributed by atoms with E-state index in [0.717, 1.165) is 22.6 Å². The highest BCUT2D eigenvalue weighted by atomic mass is 16.5. The highest BCUT2D eigenvalue weighted by Crippen LogP contribution is 2.65. The van der Waals surface area contributed by atoms with Gasteiger partial charge in [0.05, 0.1) is 25.2 Å². The van der Waals surface area contributed by atoms with Gasteiger partial charge >= 0.3 is 0 Å². The van der Waals surface area contributed by atoms with Gasteiger partial charge in [0.15, 0.2) is 11.5 Å². The van der Waals surface area contributed by atoms with Crippen LogP contribution in [-0.4, -0.2) is 30.1 Å². The number of nitrogens with zero attached hydrogens (tertiary/aromatic N) is 2. The fourth-order valence-electron chi connectivity index (χ4n) is 5.80. The molecule has 5 aliphatic rings. The molecule has 6 atom stereocenters. The van der Waals surface area contributed by atoms with Gasteiger partial charge in [-0.25, -0.2) is 0 Å². The molecular formula is C26H24N2O4. The van der Waals surface area contributed by atoms with Gasteiger partial charge < -0.3 is 9.47 Å². The van der Waals surface area contributed by atoms with Crippen LogP contribution in [0.2, 0.25) is 0 Å². The molecule has 0 unspecified atom stereocenters. The summed E-state index contributed by atoms with van der Waals surface area (Å²) < 4.78 is 11.4. The summed E-state index contributed by atoms with van der Waals surface area (Å²) in [6.07, 6.45) is 7.03. The molecule has 0 aromatic heterocycles. The van der Waals surface area contributed by atoms with Gasteiger partial charge in [0.25, 0.3) is 11.8 Å². The maximum absolute atomic E-state index is 13.0. The molecule has 0 radical (unpaired) electrons. The zero-order valence-corrected chi connectivity index (χ0v) is 17.8. The Bertz CT molecular complexity index is 1110. The maximum Gasteiger partial charge on any atom is 0.254 e. The highest BCUT2D eigenvalue weighted by Gasteiger charge is 2.67. The Labute approximate surface area is 186 Å². The van der Waals surface area contributed by atoms with Crippen molar-refractivity contribution in [3.63, 3.8) is 0 Å². The Morgan fingerprint density at radius 1 is 0.969 bits per heavy atom. The summed E-state index contributed by atoms with van der Waals surface area (Å²) in [7, 11) is 1.58. The summed E-state index contributed by atoms with van der Waals surface area (Å²) in [4.78, 5) is 26.1. The summed E-state index contributed by atoms with van der Waals surface area (Å²) in [5, 5.41) is 5.40. The van der Waals surface area contributed by atoms with Gasteiger partial charge in [-0.2, -0.15) is 10.1 Å². The number of methoxy groups -OCH3 is 1. The summed E-state index contributed by atoms with van der Waals surface area (Å²) in [6, 6.07) is 15.4. The normalized spacial score (nSPS) is 31.7. The number of carbonyl (C=O) groups excluding carboxylic acids is 2. The van der Waals surface area contributed by atoms with Crippen molar-refractivity contribution in [2.24, 2.45) is 40.6 Å². The molecule has 2 amide bonds. The fourth-order valence-corrected chi connectivity index (χ4v) is 5.80. The average Bonchev–Trinajstić information content (AvgIpc) is 3.61. The van der Waals surface area contributed by atoms with Crippen LogP contribution in [0.1, 0.15) is 17.5 Å². The van der Waals surface area contributed by atoms with Crippen LogP contribution in [0.4, 0.5) is 0 Å². The van der Waals surface area contributed by atoms with E-state index in [-0.39, 0.29) is 35.5 Å². The van der Waals surface area contributed by atoms with E-state index in [4.69, 9.17) is 9.47 Å². The second-order valence-electron chi connectivity index (χ2n) is 9.07. The Kier molecular flexibility index (Phi) is 4.42. The standard InChI is InChI=1S/C26H24N2O4/c1-31-22-11-16(7-10-21(22)32-14-15-5-3-2-4-6-15)13-27-28-25(29)23-17-8-9-18(20-12-19(17)20)24(23)26(28)30/h2-11,13,17-20,23-24H,12,14H2,1H3/b27-13-/t17-,18+,19-,20-,23+,24+/m1/s1. The number of amides is 2. The second kappa shape index (κ2) is 7.33. The Balaban J connectivity index is 1.18.